The van der Waals surface area contributed by atoms with Crippen LogP contribution in [0.3, 0.4) is 0 Å². The van der Waals surface area contributed by atoms with E-state index >= 15 is 0 Å². The smallest absolute Gasteiger partial charge is 0.202 e. The second-order valence-corrected chi connectivity index (χ2v) is 4.10. The maximum absolute atomic E-state index is 5.52. The molecule has 0 fully saturated rings. The predicted octanol–water partition coefficient (Wildman–Crippen LogP) is 2.80. The summed E-state index contributed by atoms with van der Waals surface area (Å²) in [5, 5.41) is 3.35. The lowest BCUT2D eigenvalue weighted by atomic mass is 10.1. The SMILES string of the molecule is Cc1cc(C(C)Nc2nccn2C)c(C)o1. The summed E-state index contributed by atoms with van der Waals surface area (Å²) in [5.74, 6) is 2.78. The van der Waals surface area contributed by atoms with E-state index in [0.717, 1.165) is 17.5 Å². The molecule has 0 bridgehead atoms. The van der Waals surface area contributed by atoms with Crippen LogP contribution in [0.15, 0.2) is 22.9 Å². The lowest BCUT2D eigenvalue weighted by Crippen LogP contribution is -2.10. The molecule has 2 heterocycles. The van der Waals surface area contributed by atoms with Crippen molar-refractivity contribution in [2.24, 2.45) is 7.05 Å². The van der Waals surface area contributed by atoms with Gasteiger partial charge in [-0.05, 0) is 26.8 Å². The molecule has 2 rings (SSSR count). The largest absolute Gasteiger partial charge is 0.466 e. The van der Waals surface area contributed by atoms with Crippen LogP contribution in [0.4, 0.5) is 5.95 Å². The number of aromatic nitrogens is 2. The zero-order valence-corrected chi connectivity index (χ0v) is 10.1. The lowest BCUT2D eigenvalue weighted by molar-refractivity contribution is 0.499. The highest BCUT2D eigenvalue weighted by Gasteiger charge is 2.13. The molecular weight excluding hydrogens is 202 g/mol. The van der Waals surface area contributed by atoms with E-state index in [0.29, 0.717) is 0 Å². The van der Waals surface area contributed by atoms with Crippen LogP contribution in [0.2, 0.25) is 0 Å². The number of rotatable bonds is 3. The van der Waals surface area contributed by atoms with E-state index < -0.39 is 0 Å². The second kappa shape index (κ2) is 4.04. The molecule has 0 amide bonds. The molecular formula is C12H17N3O. The minimum atomic E-state index is 0.193. The number of hydrogen-bond acceptors (Lipinski definition) is 3. The molecule has 0 saturated heterocycles. The molecule has 86 valence electrons. The highest BCUT2D eigenvalue weighted by atomic mass is 16.3. The van der Waals surface area contributed by atoms with E-state index in [1.807, 2.05) is 31.7 Å². The summed E-state index contributed by atoms with van der Waals surface area (Å²) in [6, 6.07) is 2.26. The molecule has 2 aromatic rings. The summed E-state index contributed by atoms with van der Waals surface area (Å²) in [5.41, 5.74) is 1.18. The van der Waals surface area contributed by atoms with Gasteiger partial charge in [-0.25, -0.2) is 4.98 Å². The fraction of sp³-hybridized carbons (Fsp3) is 0.417. The quantitative estimate of drug-likeness (QED) is 0.863. The van der Waals surface area contributed by atoms with Gasteiger partial charge in [-0.1, -0.05) is 0 Å². The van der Waals surface area contributed by atoms with Crippen LogP contribution < -0.4 is 5.32 Å². The third-order valence-corrected chi connectivity index (χ3v) is 2.71. The van der Waals surface area contributed by atoms with Gasteiger partial charge in [0.25, 0.3) is 0 Å². The molecule has 1 N–H and O–H groups in total. The van der Waals surface area contributed by atoms with Crippen molar-refractivity contribution in [2.45, 2.75) is 26.8 Å². The first-order valence-corrected chi connectivity index (χ1v) is 5.38. The zero-order chi connectivity index (χ0) is 11.7. The fourth-order valence-electron chi connectivity index (χ4n) is 1.86. The summed E-state index contributed by atoms with van der Waals surface area (Å²) in [6.07, 6.45) is 3.70. The van der Waals surface area contributed by atoms with Gasteiger partial charge in [-0.2, -0.15) is 0 Å². The molecule has 0 aliphatic carbocycles. The molecule has 1 unspecified atom stereocenters. The minimum absolute atomic E-state index is 0.193. The van der Waals surface area contributed by atoms with Crippen molar-refractivity contribution < 1.29 is 4.42 Å². The second-order valence-electron chi connectivity index (χ2n) is 4.10. The Morgan fingerprint density at radius 1 is 1.44 bits per heavy atom. The summed E-state index contributed by atoms with van der Waals surface area (Å²) in [6.45, 7) is 6.05. The van der Waals surface area contributed by atoms with Crippen molar-refractivity contribution in [1.82, 2.24) is 9.55 Å². The summed E-state index contributed by atoms with van der Waals surface area (Å²) in [7, 11) is 1.97. The van der Waals surface area contributed by atoms with Crippen LogP contribution in [-0.4, -0.2) is 9.55 Å². The van der Waals surface area contributed by atoms with Gasteiger partial charge >= 0.3 is 0 Å². The molecule has 4 nitrogen and oxygen atoms in total. The van der Waals surface area contributed by atoms with Crippen molar-refractivity contribution in [3.8, 4) is 0 Å². The molecule has 0 saturated carbocycles. The molecule has 2 aromatic heterocycles. The van der Waals surface area contributed by atoms with Crippen LogP contribution in [0, 0.1) is 13.8 Å². The Morgan fingerprint density at radius 3 is 2.69 bits per heavy atom. The first-order chi connectivity index (χ1) is 7.58. The third kappa shape index (κ3) is 1.96. The monoisotopic (exact) mass is 219 g/mol. The maximum atomic E-state index is 5.52. The van der Waals surface area contributed by atoms with Gasteiger partial charge in [-0.3, -0.25) is 0 Å². The van der Waals surface area contributed by atoms with Crippen LogP contribution in [0.1, 0.15) is 30.0 Å². The van der Waals surface area contributed by atoms with Gasteiger partial charge in [0.15, 0.2) is 0 Å². The number of nitrogens with zero attached hydrogens (tertiary/aromatic N) is 2. The van der Waals surface area contributed by atoms with Crippen LogP contribution in [-0.2, 0) is 7.05 Å². The van der Waals surface area contributed by atoms with Gasteiger partial charge in [0.05, 0.1) is 6.04 Å². The van der Waals surface area contributed by atoms with Gasteiger partial charge in [0.2, 0.25) is 5.95 Å². The van der Waals surface area contributed by atoms with Gasteiger partial charge < -0.3 is 14.3 Å². The van der Waals surface area contributed by atoms with Gasteiger partial charge in [0, 0.05) is 25.0 Å². The van der Waals surface area contributed by atoms with E-state index in [1.54, 1.807) is 6.20 Å². The number of anilines is 1. The Labute approximate surface area is 95.3 Å². The molecule has 0 aromatic carbocycles. The number of imidazole rings is 1. The zero-order valence-electron chi connectivity index (χ0n) is 10.1. The normalized spacial score (nSPS) is 12.8. The Hall–Kier alpha value is -1.71. The molecule has 0 radical (unpaired) electrons. The van der Waals surface area contributed by atoms with Crippen molar-refractivity contribution in [1.29, 1.82) is 0 Å². The molecule has 4 heteroatoms. The molecule has 0 spiro atoms. The third-order valence-electron chi connectivity index (χ3n) is 2.71. The van der Waals surface area contributed by atoms with Gasteiger partial charge in [-0.15, -0.1) is 0 Å². The van der Waals surface area contributed by atoms with Crippen molar-refractivity contribution in [3.63, 3.8) is 0 Å². The molecule has 0 aliphatic heterocycles. The van der Waals surface area contributed by atoms with Crippen molar-refractivity contribution in [3.05, 3.63) is 35.5 Å². The lowest BCUT2D eigenvalue weighted by Gasteiger charge is -2.13. The van der Waals surface area contributed by atoms with Gasteiger partial charge in [0.1, 0.15) is 11.5 Å². The van der Waals surface area contributed by atoms with E-state index in [9.17, 15) is 0 Å². The standard InChI is InChI=1S/C12H17N3O/c1-8-7-11(10(3)16-8)9(2)14-12-13-5-6-15(12)4/h5-7,9H,1-4H3,(H,13,14). The van der Waals surface area contributed by atoms with Crippen LogP contribution in [0.5, 0.6) is 0 Å². The van der Waals surface area contributed by atoms with E-state index in [1.165, 1.54) is 5.56 Å². The summed E-state index contributed by atoms with van der Waals surface area (Å²) in [4.78, 5) is 4.24. The van der Waals surface area contributed by atoms with Crippen molar-refractivity contribution in [2.75, 3.05) is 5.32 Å². The topological polar surface area (TPSA) is 43.0 Å². The number of aryl methyl sites for hydroxylation is 3. The first-order valence-electron chi connectivity index (χ1n) is 5.38. The van der Waals surface area contributed by atoms with E-state index in [4.69, 9.17) is 4.42 Å². The fourth-order valence-corrected chi connectivity index (χ4v) is 1.86. The summed E-state index contributed by atoms with van der Waals surface area (Å²) < 4.78 is 7.47. The average molecular weight is 219 g/mol. The summed E-state index contributed by atoms with van der Waals surface area (Å²) >= 11 is 0. The highest BCUT2D eigenvalue weighted by Crippen LogP contribution is 2.23. The number of nitrogens with one attached hydrogen (secondary N) is 1. The minimum Gasteiger partial charge on any atom is -0.466 e. The van der Waals surface area contributed by atoms with E-state index in [2.05, 4.69) is 23.3 Å². The Balaban J connectivity index is 2.17. The van der Waals surface area contributed by atoms with Crippen molar-refractivity contribution >= 4 is 5.95 Å². The number of hydrogen-bond donors (Lipinski definition) is 1. The van der Waals surface area contributed by atoms with Crippen LogP contribution in [0.25, 0.3) is 0 Å². The predicted molar refractivity (Wildman–Crippen MR) is 63.4 cm³/mol. The number of furan rings is 1. The van der Waals surface area contributed by atoms with Crippen LogP contribution >= 0.6 is 0 Å². The Morgan fingerprint density at radius 2 is 2.19 bits per heavy atom. The first kappa shape index (κ1) is 10.8. The Kier molecular flexibility index (Phi) is 2.73. The molecule has 1 atom stereocenters. The average Bonchev–Trinajstić information content (AvgIpc) is 2.74. The Bertz CT molecular complexity index is 484. The van der Waals surface area contributed by atoms with E-state index in [-0.39, 0.29) is 6.04 Å². The maximum Gasteiger partial charge on any atom is 0.202 e. The molecule has 0 aliphatic rings. The molecule has 16 heavy (non-hydrogen) atoms. The highest BCUT2D eigenvalue weighted by molar-refractivity contribution is 5.34.